The van der Waals surface area contributed by atoms with Crippen LogP contribution < -0.4 is 10.5 Å². The third-order valence-corrected chi connectivity index (χ3v) is 6.95. The molecule has 2 aliphatic heterocycles. The standard InChI is InChI=1S/C21H34N4O4S/c1-14-8-19(30(22,27)28)9-20(17(14)4)23-21(26)13-25-7-5-6-18(25)12-24-10-15(2)29-16(3)11-24/h8-9,15-16,18H,5-7,10-13H2,1-4H3,(H,23,26)(H2,22,27,28). The summed E-state index contributed by atoms with van der Waals surface area (Å²) in [5.41, 5.74) is 2.10. The zero-order valence-corrected chi connectivity index (χ0v) is 19.2. The Hall–Kier alpha value is -1.52. The van der Waals surface area contributed by atoms with Crippen molar-refractivity contribution in [2.45, 2.75) is 63.7 Å². The fourth-order valence-corrected chi connectivity index (χ4v) is 5.16. The monoisotopic (exact) mass is 438 g/mol. The molecule has 0 spiro atoms. The van der Waals surface area contributed by atoms with E-state index < -0.39 is 10.0 Å². The van der Waals surface area contributed by atoms with Gasteiger partial charge in [0.2, 0.25) is 15.9 Å². The normalized spacial score (nSPS) is 26.1. The van der Waals surface area contributed by atoms with Crippen LogP contribution in [0.2, 0.25) is 0 Å². The predicted molar refractivity (Wildman–Crippen MR) is 117 cm³/mol. The quantitative estimate of drug-likeness (QED) is 0.697. The largest absolute Gasteiger partial charge is 0.373 e. The molecule has 0 saturated carbocycles. The predicted octanol–water partition coefficient (Wildman–Crippen LogP) is 1.46. The van der Waals surface area contributed by atoms with Crippen LogP contribution in [0, 0.1) is 13.8 Å². The summed E-state index contributed by atoms with van der Waals surface area (Å²) in [6.45, 7) is 11.8. The van der Waals surface area contributed by atoms with Crippen molar-refractivity contribution in [3.05, 3.63) is 23.3 Å². The number of hydrogen-bond acceptors (Lipinski definition) is 6. The van der Waals surface area contributed by atoms with E-state index in [2.05, 4.69) is 29.0 Å². The minimum atomic E-state index is -3.83. The molecule has 1 aromatic carbocycles. The highest BCUT2D eigenvalue weighted by molar-refractivity contribution is 7.89. The lowest BCUT2D eigenvalue weighted by atomic mass is 10.1. The number of benzene rings is 1. The molecule has 2 heterocycles. The molecule has 2 fully saturated rings. The second kappa shape index (κ2) is 9.32. The summed E-state index contributed by atoms with van der Waals surface area (Å²) >= 11 is 0. The summed E-state index contributed by atoms with van der Waals surface area (Å²) in [6.07, 6.45) is 2.60. The number of rotatable bonds is 6. The number of hydrogen-bond donors (Lipinski definition) is 2. The molecule has 1 aromatic rings. The van der Waals surface area contributed by atoms with Crippen LogP contribution in [0.4, 0.5) is 5.69 Å². The minimum absolute atomic E-state index is 0.00973. The van der Waals surface area contributed by atoms with E-state index in [-0.39, 0.29) is 29.6 Å². The van der Waals surface area contributed by atoms with Gasteiger partial charge in [0.05, 0.1) is 23.6 Å². The Labute approximate surface area is 179 Å². The number of aryl methyl sites for hydroxylation is 1. The first kappa shape index (κ1) is 23.1. The molecule has 3 N–H and O–H groups in total. The van der Waals surface area contributed by atoms with E-state index in [9.17, 15) is 13.2 Å². The summed E-state index contributed by atoms with van der Waals surface area (Å²) < 4.78 is 29.3. The van der Waals surface area contributed by atoms with Crippen molar-refractivity contribution in [1.29, 1.82) is 0 Å². The van der Waals surface area contributed by atoms with Crippen LogP contribution in [0.3, 0.4) is 0 Å². The van der Waals surface area contributed by atoms with Crippen molar-refractivity contribution >= 4 is 21.6 Å². The van der Waals surface area contributed by atoms with Gasteiger partial charge in [-0.2, -0.15) is 0 Å². The van der Waals surface area contributed by atoms with E-state index in [0.717, 1.165) is 50.1 Å². The Morgan fingerprint density at radius 3 is 2.53 bits per heavy atom. The second-order valence-corrected chi connectivity index (χ2v) is 10.3. The highest BCUT2D eigenvalue weighted by Crippen LogP contribution is 2.24. The van der Waals surface area contributed by atoms with Gasteiger partial charge in [-0.1, -0.05) is 0 Å². The summed E-state index contributed by atoms with van der Waals surface area (Å²) in [4.78, 5) is 17.4. The molecule has 3 rings (SSSR count). The van der Waals surface area contributed by atoms with Crippen molar-refractivity contribution in [3.63, 3.8) is 0 Å². The number of nitrogens with two attached hydrogens (primary N) is 1. The molecule has 0 aromatic heterocycles. The van der Waals surface area contributed by atoms with Gasteiger partial charge in [-0.3, -0.25) is 14.6 Å². The zero-order valence-electron chi connectivity index (χ0n) is 18.3. The van der Waals surface area contributed by atoms with E-state index in [1.807, 2.05) is 6.92 Å². The van der Waals surface area contributed by atoms with Gasteiger partial charge in [0.25, 0.3) is 0 Å². The molecule has 1 amide bonds. The van der Waals surface area contributed by atoms with Crippen molar-refractivity contribution in [3.8, 4) is 0 Å². The molecule has 2 saturated heterocycles. The fraction of sp³-hybridized carbons (Fsp3) is 0.667. The Morgan fingerprint density at radius 1 is 1.23 bits per heavy atom. The van der Waals surface area contributed by atoms with Gasteiger partial charge in [-0.05, 0) is 70.3 Å². The van der Waals surface area contributed by atoms with Gasteiger partial charge in [-0.15, -0.1) is 0 Å². The number of nitrogens with zero attached hydrogens (tertiary/aromatic N) is 2. The molecule has 0 aliphatic carbocycles. The van der Waals surface area contributed by atoms with Crippen molar-refractivity contribution in [1.82, 2.24) is 9.80 Å². The van der Waals surface area contributed by atoms with Crippen LogP contribution in [0.15, 0.2) is 17.0 Å². The number of primary sulfonamides is 1. The van der Waals surface area contributed by atoms with E-state index >= 15 is 0 Å². The number of anilines is 1. The van der Waals surface area contributed by atoms with Gasteiger partial charge in [-0.25, -0.2) is 13.6 Å². The summed E-state index contributed by atoms with van der Waals surface area (Å²) in [6, 6.07) is 3.31. The maximum Gasteiger partial charge on any atom is 0.238 e. The molecule has 3 atom stereocenters. The molecule has 3 unspecified atom stereocenters. The van der Waals surface area contributed by atoms with Gasteiger partial charge >= 0.3 is 0 Å². The highest BCUT2D eigenvalue weighted by Gasteiger charge is 2.31. The third-order valence-electron chi connectivity index (χ3n) is 6.05. The third kappa shape index (κ3) is 5.79. The van der Waals surface area contributed by atoms with Crippen LogP contribution in [-0.2, 0) is 19.6 Å². The summed E-state index contributed by atoms with van der Waals surface area (Å²) in [5.74, 6) is -0.139. The number of amides is 1. The highest BCUT2D eigenvalue weighted by atomic mass is 32.2. The number of carbonyl (C=O) groups is 1. The molecular formula is C21H34N4O4S. The molecule has 2 aliphatic rings. The van der Waals surface area contributed by atoms with E-state index in [1.165, 1.54) is 12.1 Å². The second-order valence-electron chi connectivity index (χ2n) is 8.75. The van der Waals surface area contributed by atoms with Crippen molar-refractivity contribution in [2.24, 2.45) is 5.14 Å². The Balaban J connectivity index is 1.63. The molecule has 0 radical (unpaired) electrons. The SMILES string of the molecule is Cc1cc(S(N)(=O)=O)cc(NC(=O)CN2CCCC2CN2CC(C)OC(C)C2)c1C. The topological polar surface area (TPSA) is 105 Å². The van der Waals surface area contributed by atoms with Crippen LogP contribution in [0.1, 0.15) is 37.8 Å². The lowest BCUT2D eigenvalue weighted by Gasteiger charge is -2.38. The van der Waals surface area contributed by atoms with Crippen LogP contribution in [0.5, 0.6) is 0 Å². The van der Waals surface area contributed by atoms with E-state index in [1.54, 1.807) is 6.92 Å². The Kier molecular flexibility index (Phi) is 7.19. The first-order chi connectivity index (χ1) is 14.0. The average Bonchev–Trinajstić information content (AvgIpc) is 3.03. The molecule has 30 heavy (non-hydrogen) atoms. The summed E-state index contributed by atoms with van der Waals surface area (Å²) in [7, 11) is -3.83. The van der Waals surface area contributed by atoms with Crippen molar-refractivity contribution in [2.75, 3.05) is 38.0 Å². The molecule has 168 valence electrons. The molecule has 0 bridgehead atoms. The van der Waals surface area contributed by atoms with Crippen molar-refractivity contribution < 1.29 is 17.9 Å². The van der Waals surface area contributed by atoms with E-state index in [4.69, 9.17) is 9.88 Å². The van der Waals surface area contributed by atoms with Gasteiger partial charge in [0.15, 0.2) is 0 Å². The number of likely N-dealkylation sites (tertiary alicyclic amines) is 1. The number of ether oxygens (including phenoxy) is 1. The fourth-order valence-electron chi connectivity index (χ4n) is 4.54. The smallest absolute Gasteiger partial charge is 0.238 e. The van der Waals surface area contributed by atoms with Gasteiger partial charge in [0.1, 0.15) is 0 Å². The minimum Gasteiger partial charge on any atom is -0.373 e. The van der Waals surface area contributed by atoms with Crippen LogP contribution >= 0.6 is 0 Å². The maximum absolute atomic E-state index is 12.8. The lowest BCUT2D eigenvalue weighted by molar-refractivity contribution is -0.117. The van der Waals surface area contributed by atoms with Crippen LogP contribution in [0.25, 0.3) is 0 Å². The summed E-state index contributed by atoms with van der Waals surface area (Å²) in [5, 5.41) is 8.17. The molecule has 8 nitrogen and oxygen atoms in total. The number of sulfonamides is 1. The molecule has 9 heteroatoms. The zero-order chi connectivity index (χ0) is 22.1. The van der Waals surface area contributed by atoms with Crippen LogP contribution in [-0.4, -0.2) is 75.1 Å². The Morgan fingerprint density at radius 2 is 1.90 bits per heavy atom. The first-order valence-electron chi connectivity index (χ1n) is 10.6. The first-order valence-corrected chi connectivity index (χ1v) is 12.1. The number of morpholine rings is 1. The number of carbonyl (C=O) groups excluding carboxylic acids is 1. The molecular weight excluding hydrogens is 404 g/mol. The van der Waals surface area contributed by atoms with Gasteiger partial charge < -0.3 is 10.1 Å². The average molecular weight is 439 g/mol. The maximum atomic E-state index is 12.8. The lowest BCUT2D eigenvalue weighted by Crippen LogP contribution is -2.50. The van der Waals surface area contributed by atoms with Gasteiger partial charge in [0, 0.05) is 31.4 Å². The Bertz CT molecular complexity index is 879. The number of nitrogens with one attached hydrogen (secondary N) is 1. The van der Waals surface area contributed by atoms with E-state index in [0.29, 0.717) is 11.7 Å².